The molecule has 0 saturated heterocycles. The van der Waals surface area contributed by atoms with Gasteiger partial charge in [0.15, 0.2) is 0 Å². The molecule has 2 rings (SSSR count). The first-order chi connectivity index (χ1) is 11.9. The molecule has 2 aromatic rings. The van der Waals surface area contributed by atoms with Gasteiger partial charge in [-0.3, -0.25) is 9.59 Å². The highest BCUT2D eigenvalue weighted by molar-refractivity contribution is 6.43. The van der Waals surface area contributed by atoms with Crippen LogP contribution in [-0.4, -0.2) is 24.9 Å². The standard InChI is InChI=1S/C18H21ClN4O2/c1-3-23(4-2)14-8-5-12(6-9-14)21-17(24)18(25)22-13-7-10-16(20)15(19)11-13/h5-11H,3-4,20H2,1-2H3,(H,21,24)(H,22,25). The Morgan fingerprint density at radius 1 is 0.960 bits per heavy atom. The van der Waals surface area contributed by atoms with Crippen LogP contribution in [0.1, 0.15) is 13.8 Å². The van der Waals surface area contributed by atoms with Crippen LogP contribution >= 0.6 is 11.6 Å². The molecule has 2 aromatic carbocycles. The number of rotatable bonds is 5. The summed E-state index contributed by atoms with van der Waals surface area (Å²) in [6.07, 6.45) is 0. The number of halogens is 1. The molecule has 0 aromatic heterocycles. The van der Waals surface area contributed by atoms with Gasteiger partial charge in [0, 0.05) is 30.2 Å². The van der Waals surface area contributed by atoms with Crippen molar-refractivity contribution < 1.29 is 9.59 Å². The fourth-order valence-corrected chi connectivity index (χ4v) is 2.51. The van der Waals surface area contributed by atoms with E-state index in [1.165, 1.54) is 6.07 Å². The number of hydrogen-bond acceptors (Lipinski definition) is 4. The zero-order valence-electron chi connectivity index (χ0n) is 14.2. The second-order valence-electron chi connectivity index (χ2n) is 5.36. The van der Waals surface area contributed by atoms with E-state index in [-0.39, 0.29) is 0 Å². The SMILES string of the molecule is CCN(CC)c1ccc(NC(=O)C(=O)Nc2ccc(N)c(Cl)c2)cc1. The Labute approximate surface area is 152 Å². The number of anilines is 4. The van der Waals surface area contributed by atoms with Gasteiger partial charge in [-0.1, -0.05) is 11.6 Å². The summed E-state index contributed by atoms with van der Waals surface area (Å²) < 4.78 is 0. The van der Waals surface area contributed by atoms with Gasteiger partial charge in [0.25, 0.3) is 0 Å². The van der Waals surface area contributed by atoms with E-state index in [0.29, 0.717) is 22.1 Å². The maximum absolute atomic E-state index is 12.0. The fraction of sp³-hybridized carbons (Fsp3) is 0.222. The zero-order valence-corrected chi connectivity index (χ0v) is 14.9. The van der Waals surface area contributed by atoms with Crippen molar-refractivity contribution in [1.82, 2.24) is 0 Å². The van der Waals surface area contributed by atoms with Gasteiger partial charge in [-0.25, -0.2) is 0 Å². The number of nitrogens with two attached hydrogens (primary N) is 1. The van der Waals surface area contributed by atoms with E-state index in [2.05, 4.69) is 29.4 Å². The van der Waals surface area contributed by atoms with Gasteiger partial charge in [-0.2, -0.15) is 0 Å². The Balaban J connectivity index is 1.98. The van der Waals surface area contributed by atoms with Crippen molar-refractivity contribution in [2.45, 2.75) is 13.8 Å². The lowest BCUT2D eigenvalue weighted by Gasteiger charge is -2.21. The van der Waals surface area contributed by atoms with Gasteiger partial charge in [-0.05, 0) is 56.3 Å². The average Bonchev–Trinajstić information content (AvgIpc) is 2.60. The van der Waals surface area contributed by atoms with Crippen LogP contribution in [0.3, 0.4) is 0 Å². The molecule has 0 bridgehead atoms. The van der Waals surface area contributed by atoms with Gasteiger partial charge in [0.05, 0.1) is 10.7 Å². The first kappa shape index (κ1) is 18.6. The number of carbonyl (C=O) groups excluding carboxylic acids is 2. The minimum absolute atomic E-state index is 0.310. The van der Waals surface area contributed by atoms with Crippen LogP contribution < -0.4 is 21.3 Å². The molecule has 0 saturated carbocycles. The molecule has 0 radical (unpaired) electrons. The second kappa shape index (κ2) is 8.39. The average molecular weight is 361 g/mol. The molecule has 6 nitrogen and oxygen atoms in total. The van der Waals surface area contributed by atoms with Gasteiger partial charge < -0.3 is 21.3 Å². The van der Waals surface area contributed by atoms with Crippen molar-refractivity contribution in [3.05, 3.63) is 47.5 Å². The van der Waals surface area contributed by atoms with Crippen LogP contribution in [0, 0.1) is 0 Å². The number of hydrogen-bond donors (Lipinski definition) is 3. The summed E-state index contributed by atoms with van der Waals surface area (Å²) >= 11 is 5.89. The highest BCUT2D eigenvalue weighted by atomic mass is 35.5. The summed E-state index contributed by atoms with van der Waals surface area (Å²) in [6.45, 7) is 5.95. The molecule has 0 aliphatic carbocycles. The van der Waals surface area contributed by atoms with Gasteiger partial charge in [0.2, 0.25) is 0 Å². The Bertz CT molecular complexity index is 758. The summed E-state index contributed by atoms with van der Waals surface area (Å²) in [4.78, 5) is 26.2. The minimum atomic E-state index is -0.784. The molecule has 7 heteroatoms. The Morgan fingerprint density at radius 3 is 2.00 bits per heavy atom. The van der Waals surface area contributed by atoms with Crippen molar-refractivity contribution in [3.8, 4) is 0 Å². The fourth-order valence-electron chi connectivity index (χ4n) is 2.32. The molecule has 0 aliphatic heterocycles. The molecule has 0 spiro atoms. The predicted octanol–water partition coefficient (Wildman–Crippen LogP) is 3.35. The molecule has 2 amide bonds. The molecule has 0 unspecified atom stereocenters. The predicted molar refractivity (Wildman–Crippen MR) is 103 cm³/mol. The maximum Gasteiger partial charge on any atom is 0.314 e. The molecule has 0 atom stereocenters. The summed E-state index contributed by atoms with van der Waals surface area (Å²) in [5.74, 6) is -1.54. The lowest BCUT2D eigenvalue weighted by Crippen LogP contribution is -2.29. The van der Waals surface area contributed by atoms with E-state index in [4.69, 9.17) is 17.3 Å². The number of nitrogen functional groups attached to an aromatic ring is 1. The normalized spacial score (nSPS) is 10.2. The smallest absolute Gasteiger partial charge is 0.314 e. The van der Waals surface area contributed by atoms with Crippen molar-refractivity contribution >= 4 is 46.2 Å². The number of nitrogens with zero attached hydrogens (tertiary/aromatic N) is 1. The number of amides is 2. The van der Waals surface area contributed by atoms with Crippen LogP contribution in [0.5, 0.6) is 0 Å². The van der Waals surface area contributed by atoms with Crippen LogP contribution in [0.4, 0.5) is 22.7 Å². The lowest BCUT2D eigenvalue weighted by atomic mass is 10.2. The van der Waals surface area contributed by atoms with Crippen LogP contribution in [0.2, 0.25) is 5.02 Å². The highest BCUT2D eigenvalue weighted by Gasteiger charge is 2.14. The van der Waals surface area contributed by atoms with Gasteiger partial charge in [-0.15, -0.1) is 0 Å². The van der Waals surface area contributed by atoms with Crippen molar-refractivity contribution in [3.63, 3.8) is 0 Å². The number of benzene rings is 2. The molecule has 132 valence electrons. The van der Waals surface area contributed by atoms with Crippen LogP contribution in [0.25, 0.3) is 0 Å². The molecule has 0 aliphatic rings. The highest BCUT2D eigenvalue weighted by Crippen LogP contribution is 2.22. The molecule has 0 heterocycles. The quantitative estimate of drug-likeness (QED) is 0.563. The first-order valence-electron chi connectivity index (χ1n) is 7.97. The third kappa shape index (κ3) is 4.87. The van der Waals surface area contributed by atoms with Crippen LogP contribution in [-0.2, 0) is 9.59 Å². The summed E-state index contributed by atoms with van der Waals surface area (Å²) in [5.41, 5.74) is 8.01. The van der Waals surface area contributed by atoms with E-state index in [0.717, 1.165) is 18.8 Å². The minimum Gasteiger partial charge on any atom is -0.398 e. The van der Waals surface area contributed by atoms with E-state index < -0.39 is 11.8 Å². The monoisotopic (exact) mass is 360 g/mol. The Kier molecular flexibility index (Phi) is 6.25. The van der Waals surface area contributed by atoms with E-state index >= 15 is 0 Å². The molecule has 4 N–H and O–H groups in total. The Hall–Kier alpha value is -2.73. The lowest BCUT2D eigenvalue weighted by molar-refractivity contribution is -0.132. The Morgan fingerprint density at radius 2 is 1.48 bits per heavy atom. The number of nitrogens with one attached hydrogen (secondary N) is 2. The van der Waals surface area contributed by atoms with Gasteiger partial charge >= 0.3 is 11.8 Å². The zero-order chi connectivity index (χ0) is 18.4. The van der Waals surface area contributed by atoms with E-state index in [9.17, 15) is 9.59 Å². The van der Waals surface area contributed by atoms with E-state index in [1.807, 2.05) is 12.1 Å². The third-order valence-electron chi connectivity index (χ3n) is 3.72. The third-order valence-corrected chi connectivity index (χ3v) is 4.05. The molecule has 0 fully saturated rings. The van der Waals surface area contributed by atoms with E-state index in [1.54, 1.807) is 24.3 Å². The molecule has 25 heavy (non-hydrogen) atoms. The summed E-state index contributed by atoms with van der Waals surface area (Å²) in [5, 5.41) is 5.35. The van der Waals surface area contributed by atoms with Crippen LogP contribution in [0.15, 0.2) is 42.5 Å². The van der Waals surface area contributed by atoms with Crippen molar-refractivity contribution in [2.24, 2.45) is 0 Å². The topological polar surface area (TPSA) is 87.5 Å². The maximum atomic E-state index is 12.0. The first-order valence-corrected chi connectivity index (χ1v) is 8.34. The summed E-state index contributed by atoms with van der Waals surface area (Å²) in [7, 11) is 0. The second-order valence-corrected chi connectivity index (χ2v) is 5.77. The molecular weight excluding hydrogens is 340 g/mol. The number of carbonyl (C=O) groups is 2. The largest absolute Gasteiger partial charge is 0.398 e. The summed E-state index contributed by atoms with van der Waals surface area (Å²) in [6, 6.07) is 12.0. The van der Waals surface area contributed by atoms with Crippen molar-refractivity contribution in [2.75, 3.05) is 34.4 Å². The van der Waals surface area contributed by atoms with Crippen molar-refractivity contribution in [1.29, 1.82) is 0 Å². The van der Waals surface area contributed by atoms with Gasteiger partial charge in [0.1, 0.15) is 0 Å². The molecular formula is C18H21ClN4O2.